The first kappa shape index (κ1) is 11.4. The maximum Gasteiger partial charge on any atom is 0.0104 e. The summed E-state index contributed by atoms with van der Waals surface area (Å²) in [4.78, 5) is 2.47. The summed E-state index contributed by atoms with van der Waals surface area (Å²) < 4.78 is 0. The Kier molecular flexibility index (Phi) is 3.68. The van der Waals surface area contributed by atoms with Crippen molar-refractivity contribution in [3.63, 3.8) is 0 Å². The lowest BCUT2D eigenvalue weighted by atomic mass is 9.71. The van der Waals surface area contributed by atoms with E-state index in [0.717, 1.165) is 24.5 Å². The Hall–Kier alpha value is -0.0800. The van der Waals surface area contributed by atoms with Crippen LogP contribution in [0.25, 0.3) is 0 Å². The van der Waals surface area contributed by atoms with Crippen LogP contribution >= 0.6 is 0 Å². The first-order valence-electron chi connectivity index (χ1n) is 6.66. The highest BCUT2D eigenvalue weighted by molar-refractivity contribution is 4.91. The van der Waals surface area contributed by atoms with Crippen LogP contribution in [0.4, 0.5) is 0 Å². The van der Waals surface area contributed by atoms with Gasteiger partial charge in [0.05, 0.1) is 0 Å². The van der Waals surface area contributed by atoms with E-state index in [2.05, 4.69) is 11.9 Å². The molecule has 0 saturated heterocycles. The second kappa shape index (κ2) is 4.84. The van der Waals surface area contributed by atoms with Gasteiger partial charge in [-0.3, -0.25) is 0 Å². The fraction of sp³-hybridized carbons (Fsp3) is 1.00. The molecule has 0 unspecified atom stereocenters. The van der Waals surface area contributed by atoms with E-state index in [-0.39, 0.29) is 0 Å². The van der Waals surface area contributed by atoms with E-state index in [1.807, 2.05) is 0 Å². The average Bonchev–Trinajstić information content (AvgIpc) is 2.68. The van der Waals surface area contributed by atoms with Gasteiger partial charge in [0.15, 0.2) is 0 Å². The topological polar surface area (TPSA) is 29.3 Å². The van der Waals surface area contributed by atoms with Crippen LogP contribution in [0.5, 0.6) is 0 Å². The van der Waals surface area contributed by atoms with Gasteiger partial charge in [-0.15, -0.1) is 0 Å². The summed E-state index contributed by atoms with van der Waals surface area (Å²) in [7, 11) is 2.24. The van der Waals surface area contributed by atoms with Gasteiger partial charge in [0.1, 0.15) is 0 Å². The zero-order valence-corrected chi connectivity index (χ0v) is 10.2. The molecule has 2 rings (SSSR count). The highest BCUT2D eigenvalue weighted by Crippen LogP contribution is 2.49. The molecule has 0 amide bonds. The molecule has 0 atom stereocenters. The van der Waals surface area contributed by atoms with Crippen molar-refractivity contribution >= 4 is 0 Å². The molecule has 2 nitrogen and oxygen atoms in total. The van der Waals surface area contributed by atoms with Gasteiger partial charge in [0.2, 0.25) is 0 Å². The van der Waals surface area contributed by atoms with Gasteiger partial charge in [0, 0.05) is 19.1 Å². The third-order valence-corrected chi connectivity index (χ3v) is 4.79. The molecule has 0 aromatic carbocycles. The van der Waals surface area contributed by atoms with Crippen molar-refractivity contribution in [2.45, 2.75) is 57.4 Å². The molecule has 2 heteroatoms. The quantitative estimate of drug-likeness (QED) is 0.775. The van der Waals surface area contributed by atoms with Gasteiger partial charge in [-0.25, -0.2) is 0 Å². The van der Waals surface area contributed by atoms with Crippen LogP contribution < -0.4 is 5.73 Å². The van der Waals surface area contributed by atoms with Crippen LogP contribution in [-0.2, 0) is 0 Å². The van der Waals surface area contributed by atoms with Gasteiger partial charge in [-0.2, -0.15) is 0 Å². The third kappa shape index (κ3) is 2.54. The summed E-state index contributed by atoms with van der Waals surface area (Å²) >= 11 is 0. The monoisotopic (exact) mass is 210 g/mol. The predicted octanol–water partition coefficient (Wildman–Crippen LogP) is 2.38. The minimum absolute atomic E-state index is 0.778. The molecule has 2 saturated carbocycles. The smallest absolute Gasteiger partial charge is 0.0104 e. The molecule has 2 aliphatic carbocycles. The number of nitrogens with two attached hydrogens (primary N) is 1. The van der Waals surface area contributed by atoms with E-state index in [4.69, 9.17) is 5.73 Å². The number of rotatable bonds is 3. The minimum atomic E-state index is 0.778. The molecule has 2 fully saturated rings. The molecule has 1 spiro atoms. The first-order chi connectivity index (χ1) is 7.26. The Bertz CT molecular complexity index is 187. The predicted molar refractivity (Wildman–Crippen MR) is 64.8 cm³/mol. The van der Waals surface area contributed by atoms with E-state index < -0.39 is 0 Å². The molecule has 0 aromatic rings. The molecule has 0 bridgehead atoms. The van der Waals surface area contributed by atoms with Crippen LogP contribution in [0.15, 0.2) is 0 Å². The number of hydrogen-bond donors (Lipinski definition) is 1. The molecule has 0 heterocycles. The van der Waals surface area contributed by atoms with Crippen molar-refractivity contribution in [2.75, 3.05) is 20.1 Å². The molecular formula is C13H26N2. The van der Waals surface area contributed by atoms with E-state index >= 15 is 0 Å². The largest absolute Gasteiger partial charge is 0.329 e. The highest BCUT2D eigenvalue weighted by atomic mass is 15.1. The normalized spacial score (nSPS) is 26.6. The van der Waals surface area contributed by atoms with Crippen molar-refractivity contribution < 1.29 is 0 Å². The molecule has 2 aliphatic rings. The summed E-state index contributed by atoms with van der Waals surface area (Å²) in [5.74, 6) is 0. The zero-order chi connectivity index (χ0) is 10.7. The second-order valence-electron chi connectivity index (χ2n) is 5.71. The molecule has 0 aliphatic heterocycles. The van der Waals surface area contributed by atoms with Crippen molar-refractivity contribution in [2.24, 2.45) is 11.1 Å². The van der Waals surface area contributed by atoms with E-state index in [1.165, 1.54) is 51.4 Å². The maximum absolute atomic E-state index is 5.61. The van der Waals surface area contributed by atoms with Gasteiger partial charge in [-0.1, -0.05) is 12.8 Å². The van der Waals surface area contributed by atoms with Gasteiger partial charge >= 0.3 is 0 Å². The lowest BCUT2D eigenvalue weighted by Gasteiger charge is -2.40. The standard InChI is InChI=1S/C13H26N2/c1-15(11-10-14)12-4-8-13(9-5-12)6-2-3-7-13/h12H,2-11,14H2,1H3. The maximum atomic E-state index is 5.61. The van der Waals surface area contributed by atoms with Crippen LogP contribution in [0.2, 0.25) is 0 Å². The van der Waals surface area contributed by atoms with Gasteiger partial charge in [0.25, 0.3) is 0 Å². The fourth-order valence-corrected chi connectivity index (χ4v) is 3.67. The van der Waals surface area contributed by atoms with Crippen molar-refractivity contribution in [3.05, 3.63) is 0 Å². The SMILES string of the molecule is CN(CCN)C1CCC2(CCCC2)CC1. The van der Waals surface area contributed by atoms with Crippen LogP contribution in [0.3, 0.4) is 0 Å². The Balaban J connectivity index is 1.81. The molecule has 2 N–H and O–H groups in total. The van der Waals surface area contributed by atoms with Crippen LogP contribution in [-0.4, -0.2) is 31.1 Å². The first-order valence-corrected chi connectivity index (χ1v) is 6.66. The number of likely N-dealkylation sites (N-methyl/N-ethyl adjacent to an activating group) is 1. The average molecular weight is 210 g/mol. The number of nitrogens with zero attached hydrogens (tertiary/aromatic N) is 1. The summed E-state index contributed by atoms with van der Waals surface area (Å²) in [6.07, 6.45) is 11.8. The molecule has 0 aromatic heterocycles. The highest BCUT2D eigenvalue weighted by Gasteiger charge is 2.38. The second-order valence-corrected chi connectivity index (χ2v) is 5.71. The van der Waals surface area contributed by atoms with Crippen molar-refractivity contribution in [1.29, 1.82) is 0 Å². The van der Waals surface area contributed by atoms with Crippen molar-refractivity contribution in [3.8, 4) is 0 Å². The minimum Gasteiger partial charge on any atom is -0.329 e. The number of hydrogen-bond acceptors (Lipinski definition) is 2. The van der Waals surface area contributed by atoms with E-state index in [9.17, 15) is 0 Å². The third-order valence-electron chi connectivity index (χ3n) is 4.79. The molecule has 0 radical (unpaired) electrons. The van der Waals surface area contributed by atoms with E-state index in [1.54, 1.807) is 0 Å². The summed E-state index contributed by atoms with van der Waals surface area (Å²) in [6.45, 7) is 1.87. The van der Waals surface area contributed by atoms with Crippen molar-refractivity contribution in [1.82, 2.24) is 4.90 Å². The van der Waals surface area contributed by atoms with Crippen LogP contribution in [0, 0.1) is 5.41 Å². The Morgan fingerprint density at radius 1 is 1.13 bits per heavy atom. The lowest BCUT2D eigenvalue weighted by molar-refractivity contribution is 0.110. The van der Waals surface area contributed by atoms with Gasteiger partial charge < -0.3 is 10.6 Å². The molecular weight excluding hydrogens is 184 g/mol. The summed E-state index contributed by atoms with van der Waals surface area (Å²) in [5, 5.41) is 0. The Morgan fingerprint density at radius 2 is 1.73 bits per heavy atom. The fourth-order valence-electron chi connectivity index (χ4n) is 3.67. The zero-order valence-electron chi connectivity index (χ0n) is 10.2. The van der Waals surface area contributed by atoms with E-state index in [0.29, 0.717) is 0 Å². The summed E-state index contributed by atoms with van der Waals surface area (Å²) in [5.41, 5.74) is 6.39. The lowest BCUT2D eigenvalue weighted by Crippen LogP contribution is -2.40. The Morgan fingerprint density at radius 3 is 2.27 bits per heavy atom. The van der Waals surface area contributed by atoms with Gasteiger partial charge in [-0.05, 0) is 51.0 Å². The van der Waals surface area contributed by atoms with Crippen LogP contribution in [0.1, 0.15) is 51.4 Å². The Labute approximate surface area is 94.2 Å². The molecule has 15 heavy (non-hydrogen) atoms. The molecule has 88 valence electrons. The summed E-state index contributed by atoms with van der Waals surface area (Å²) in [6, 6.07) is 0.819.